The van der Waals surface area contributed by atoms with Crippen LogP contribution in [0, 0.1) is 6.92 Å². The molecule has 0 radical (unpaired) electrons. The summed E-state index contributed by atoms with van der Waals surface area (Å²) in [6.07, 6.45) is 3.08. The Morgan fingerprint density at radius 1 is 1.00 bits per heavy atom. The van der Waals surface area contributed by atoms with Crippen molar-refractivity contribution >= 4 is 17.4 Å². The summed E-state index contributed by atoms with van der Waals surface area (Å²) in [6.45, 7) is 8.99. The Bertz CT molecular complexity index is 959. The Morgan fingerprint density at radius 2 is 1.79 bits per heavy atom. The lowest BCUT2D eigenvalue weighted by molar-refractivity contribution is 0.0945. The highest BCUT2D eigenvalue weighted by Crippen LogP contribution is 2.30. The average Bonchev–Trinajstić information content (AvgIpc) is 2.66. The van der Waals surface area contributed by atoms with Crippen LogP contribution < -0.4 is 10.6 Å². The summed E-state index contributed by atoms with van der Waals surface area (Å²) in [5.41, 5.74) is 4.70. The molecule has 0 atom stereocenters. The van der Waals surface area contributed by atoms with E-state index in [0.717, 1.165) is 16.8 Å². The van der Waals surface area contributed by atoms with E-state index in [1.54, 1.807) is 6.20 Å². The highest BCUT2D eigenvalue weighted by molar-refractivity contribution is 5.92. The van der Waals surface area contributed by atoms with Crippen molar-refractivity contribution in [2.75, 3.05) is 5.32 Å². The molecule has 1 aromatic heterocycles. The van der Waals surface area contributed by atoms with Crippen molar-refractivity contribution in [2.45, 2.75) is 39.7 Å². The maximum Gasteiger partial charge on any atom is 0.271 e. The van der Waals surface area contributed by atoms with Gasteiger partial charge in [0, 0.05) is 12.2 Å². The van der Waals surface area contributed by atoms with Gasteiger partial charge in [0.15, 0.2) is 0 Å². The van der Waals surface area contributed by atoms with Crippen molar-refractivity contribution in [3.05, 3.63) is 83.3 Å². The molecule has 1 amide bonds. The molecule has 2 N–H and O–H groups in total. The second kappa shape index (κ2) is 8.21. The van der Waals surface area contributed by atoms with Gasteiger partial charge in [0.1, 0.15) is 11.5 Å². The number of hydrogen-bond donors (Lipinski definition) is 2. The average molecular weight is 374 g/mol. The topological polar surface area (TPSA) is 66.9 Å². The maximum atomic E-state index is 12.3. The van der Waals surface area contributed by atoms with Gasteiger partial charge in [-0.1, -0.05) is 68.8 Å². The summed E-state index contributed by atoms with van der Waals surface area (Å²) in [6, 6.07) is 16.2. The first kappa shape index (κ1) is 19.5. The van der Waals surface area contributed by atoms with Crippen LogP contribution in [0.15, 0.2) is 60.9 Å². The minimum Gasteiger partial charge on any atom is -0.347 e. The van der Waals surface area contributed by atoms with Crippen LogP contribution in [0.1, 0.15) is 48.0 Å². The summed E-state index contributed by atoms with van der Waals surface area (Å²) < 4.78 is 0. The normalized spacial score (nSPS) is 11.1. The smallest absolute Gasteiger partial charge is 0.271 e. The number of aromatic nitrogens is 2. The van der Waals surface area contributed by atoms with Crippen LogP contribution in [0.25, 0.3) is 0 Å². The standard InChI is InChI=1S/C23H26N4O/c1-16-8-7-9-17(12-16)13-26-22(28)20-14-25-21(15-24-20)27-19-11-6-5-10-18(19)23(2,3)4/h5-12,14-15H,13H2,1-4H3,(H,25,27)(H,26,28). The van der Waals surface area contributed by atoms with E-state index in [0.29, 0.717) is 18.1 Å². The van der Waals surface area contributed by atoms with E-state index < -0.39 is 0 Å². The van der Waals surface area contributed by atoms with Crippen molar-refractivity contribution in [3.63, 3.8) is 0 Å². The lowest BCUT2D eigenvalue weighted by Crippen LogP contribution is -2.24. The highest BCUT2D eigenvalue weighted by atomic mass is 16.1. The lowest BCUT2D eigenvalue weighted by atomic mass is 9.86. The van der Waals surface area contributed by atoms with Gasteiger partial charge in [-0.15, -0.1) is 0 Å². The molecule has 0 aliphatic carbocycles. The molecule has 0 fully saturated rings. The fraction of sp³-hybridized carbons (Fsp3) is 0.261. The number of nitrogens with zero attached hydrogens (tertiary/aromatic N) is 2. The molecular weight excluding hydrogens is 348 g/mol. The van der Waals surface area contributed by atoms with Gasteiger partial charge < -0.3 is 10.6 Å². The van der Waals surface area contributed by atoms with E-state index >= 15 is 0 Å². The van der Waals surface area contributed by atoms with Crippen LogP contribution in [0.2, 0.25) is 0 Å². The van der Waals surface area contributed by atoms with Gasteiger partial charge in [-0.2, -0.15) is 0 Å². The zero-order valence-corrected chi connectivity index (χ0v) is 16.8. The van der Waals surface area contributed by atoms with E-state index in [1.165, 1.54) is 11.8 Å². The number of anilines is 2. The quantitative estimate of drug-likeness (QED) is 0.676. The summed E-state index contributed by atoms with van der Waals surface area (Å²) >= 11 is 0. The zero-order valence-electron chi connectivity index (χ0n) is 16.8. The van der Waals surface area contributed by atoms with Gasteiger partial charge in [-0.25, -0.2) is 9.97 Å². The van der Waals surface area contributed by atoms with E-state index in [9.17, 15) is 4.79 Å². The molecule has 0 spiro atoms. The third kappa shape index (κ3) is 4.94. The number of rotatable bonds is 5. The lowest BCUT2D eigenvalue weighted by Gasteiger charge is -2.23. The van der Waals surface area contributed by atoms with Crippen LogP contribution in [-0.4, -0.2) is 15.9 Å². The summed E-state index contributed by atoms with van der Waals surface area (Å²) in [5.74, 6) is 0.364. The molecule has 3 rings (SSSR count). The van der Waals surface area contributed by atoms with Crippen molar-refractivity contribution in [3.8, 4) is 0 Å². The molecule has 144 valence electrons. The van der Waals surface area contributed by atoms with E-state index in [4.69, 9.17) is 0 Å². The Kier molecular flexibility index (Phi) is 5.73. The fourth-order valence-electron chi connectivity index (χ4n) is 2.99. The number of nitrogens with one attached hydrogen (secondary N) is 2. The molecule has 1 heterocycles. The van der Waals surface area contributed by atoms with Crippen molar-refractivity contribution in [2.24, 2.45) is 0 Å². The molecule has 0 aliphatic rings. The van der Waals surface area contributed by atoms with E-state index in [-0.39, 0.29) is 11.3 Å². The van der Waals surface area contributed by atoms with Gasteiger partial charge in [-0.05, 0) is 29.5 Å². The van der Waals surface area contributed by atoms with E-state index in [1.807, 2.05) is 49.4 Å². The third-order valence-corrected chi connectivity index (χ3v) is 4.42. The highest BCUT2D eigenvalue weighted by Gasteiger charge is 2.17. The zero-order chi connectivity index (χ0) is 20.1. The molecule has 0 aliphatic heterocycles. The van der Waals surface area contributed by atoms with Crippen LogP contribution in [0.4, 0.5) is 11.5 Å². The molecular formula is C23H26N4O. The Labute approximate surface area is 166 Å². The monoisotopic (exact) mass is 374 g/mol. The molecule has 5 nitrogen and oxygen atoms in total. The number of carbonyl (C=O) groups is 1. The predicted octanol–water partition coefficient (Wildman–Crippen LogP) is 4.76. The molecule has 0 saturated heterocycles. The number of carbonyl (C=O) groups excluding carboxylic acids is 1. The van der Waals surface area contributed by atoms with E-state index in [2.05, 4.69) is 47.4 Å². The Morgan fingerprint density at radius 3 is 2.46 bits per heavy atom. The van der Waals surface area contributed by atoms with Crippen LogP contribution in [-0.2, 0) is 12.0 Å². The van der Waals surface area contributed by atoms with Gasteiger partial charge in [0.2, 0.25) is 0 Å². The van der Waals surface area contributed by atoms with Gasteiger partial charge in [-0.3, -0.25) is 4.79 Å². The molecule has 2 aromatic carbocycles. The maximum absolute atomic E-state index is 12.3. The van der Waals surface area contributed by atoms with Gasteiger partial charge in [0.05, 0.1) is 12.4 Å². The molecule has 0 unspecified atom stereocenters. The first-order valence-corrected chi connectivity index (χ1v) is 9.35. The first-order chi connectivity index (χ1) is 13.3. The Balaban J connectivity index is 1.66. The van der Waals surface area contributed by atoms with Crippen molar-refractivity contribution in [1.29, 1.82) is 0 Å². The van der Waals surface area contributed by atoms with Crippen molar-refractivity contribution in [1.82, 2.24) is 15.3 Å². The fourth-order valence-corrected chi connectivity index (χ4v) is 2.99. The molecule has 0 bridgehead atoms. The molecule has 28 heavy (non-hydrogen) atoms. The van der Waals surface area contributed by atoms with Crippen LogP contribution in [0.3, 0.4) is 0 Å². The molecule has 5 heteroatoms. The number of benzene rings is 2. The summed E-state index contributed by atoms with van der Waals surface area (Å²) in [5, 5.41) is 6.18. The van der Waals surface area contributed by atoms with Crippen molar-refractivity contribution < 1.29 is 4.79 Å². The summed E-state index contributed by atoms with van der Waals surface area (Å²) in [4.78, 5) is 20.9. The molecule has 3 aromatic rings. The number of amides is 1. The SMILES string of the molecule is Cc1cccc(CNC(=O)c2cnc(Nc3ccccc3C(C)(C)C)cn2)c1. The Hall–Kier alpha value is -3.21. The predicted molar refractivity (Wildman–Crippen MR) is 113 cm³/mol. The molecule has 0 saturated carbocycles. The van der Waals surface area contributed by atoms with Gasteiger partial charge in [0.25, 0.3) is 5.91 Å². The van der Waals surface area contributed by atoms with Crippen LogP contribution in [0.5, 0.6) is 0 Å². The van der Waals surface area contributed by atoms with Crippen LogP contribution >= 0.6 is 0 Å². The minimum absolute atomic E-state index is 0.00659. The van der Waals surface area contributed by atoms with Gasteiger partial charge >= 0.3 is 0 Å². The first-order valence-electron chi connectivity index (χ1n) is 9.35. The minimum atomic E-state index is -0.240. The second-order valence-corrected chi connectivity index (χ2v) is 7.88. The number of para-hydroxylation sites is 1. The summed E-state index contributed by atoms with van der Waals surface area (Å²) in [7, 11) is 0. The second-order valence-electron chi connectivity index (χ2n) is 7.88. The number of hydrogen-bond acceptors (Lipinski definition) is 4. The number of aryl methyl sites for hydroxylation is 1. The third-order valence-electron chi connectivity index (χ3n) is 4.42. The largest absolute Gasteiger partial charge is 0.347 e.